The molecule has 1 aliphatic heterocycles. The molecular formula is C10H13N3O4S. The highest BCUT2D eigenvalue weighted by Crippen LogP contribution is 2.22. The van der Waals surface area contributed by atoms with Crippen molar-refractivity contribution >= 4 is 15.7 Å². The SMILES string of the molecule is CN(C1CNC1)S(=O)(=O)c1cccc([N+](=O)[O-])c1. The van der Waals surface area contributed by atoms with Crippen LogP contribution in [0.1, 0.15) is 0 Å². The molecule has 0 saturated carbocycles. The molecule has 1 aromatic carbocycles. The van der Waals surface area contributed by atoms with Crippen LogP contribution in [0, 0.1) is 10.1 Å². The molecular weight excluding hydrogens is 258 g/mol. The van der Waals surface area contributed by atoms with Crippen molar-refractivity contribution in [2.24, 2.45) is 0 Å². The molecule has 0 atom stereocenters. The van der Waals surface area contributed by atoms with Gasteiger partial charge < -0.3 is 5.32 Å². The van der Waals surface area contributed by atoms with Gasteiger partial charge in [-0.15, -0.1) is 0 Å². The standard InChI is InChI=1S/C10H13N3O4S/c1-12(9-6-11-7-9)18(16,17)10-4-2-3-8(5-10)13(14)15/h2-5,9,11H,6-7H2,1H3. The first kappa shape index (κ1) is 12.9. The van der Waals surface area contributed by atoms with Crippen LogP contribution in [0.4, 0.5) is 5.69 Å². The fraction of sp³-hybridized carbons (Fsp3) is 0.400. The minimum Gasteiger partial charge on any atom is -0.313 e. The molecule has 1 aliphatic rings. The van der Waals surface area contributed by atoms with E-state index >= 15 is 0 Å². The zero-order chi connectivity index (χ0) is 13.3. The quantitative estimate of drug-likeness (QED) is 0.623. The maximum atomic E-state index is 12.2. The topological polar surface area (TPSA) is 92.6 Å². The Morgan fingerprint density at radius 3 is 2.61 bits per heavy atom. The summed E-state index contributed by atoms with van der Waals surface area (Å²) < 4.78 is 25.7. The average molecular weight is 271 g/mol. The summed E-state index contributed by atoms with van der Waals surface area (Å²) in [4.78, 5) is 9.98. The highest BCUT2D eigenvalue weighted by Gasteiger charge is 2.32. The first-order chi connectivity index (χ1) is 8.43. The van der Waals surface area contributed by atoms with Crippen LogP contribution in [-0.4, -0.2) is 43.8 Å². The molecule has 18 heavy (non-hydrogen) atoms. The monoisotopic (exact) mass is 271 g/mol. The van der Waals surface area contributed by atoms with Crippen molar-refractivity contribution < 1.29 is 13.3 Å². The predicted octanol–water partition coefficient (Wildman–Crippen LogP) is 0.187. The molecule has 1 heterocycles. The summed E-state index contributed by atoms with van der Waals surface area (Å²) in [5, 5.41) is 13.6. The molecule has 1 N–H and O–H groups in total. The Kier molecular flexibility index (Phi) is 3.33. The van der Waals surface area contributed by atoms with E-state index in [-0.39, 0.29) is 16.6 Å². The van der Waals surface area contributed by atoms with E-state index in [1.165, 1.54) is 29.6 Å². The third kappa shape index (κ3) is 2.22. The fourth-order valence-electron chi connectivity index (χ4n) is 1.65. The van der Waals surface area contributed by atoms with Crippen molar-refractivity contribution in [3.63, 3.8) is 0 Å². The lowest BCUT2D eigenvalue weighted by Crippen LogP contribution is -2.57. The Morgan fingerprint density at radius 1 is 1.44 bits per heavy atom. The lowest BCUT2D eigenvalue weighted by atomic mass is 10.2. The zero-order valence-electron chi connectivity index (χ0n) is 9.74. The Balaban J connectivity index is 2.34. The van der Waals surface area contributed by atoms with Crippen molar-refractivity contribution in [1.29, 1.82) is 0 Å². The number of non-ortho nitro benzene ring substituents is 1. The smallest absolute Gasteiger partial charge is 0.270 e. The maximum Gasteiger partial charge on any atom is 0.270 e. The van der Waals surface area contributed by atoms with Crippen LogP contribution in [0.3, 0.4) is 0 Å². The Hall–Kier alpha value is -1.51. The number of benzene rings is 1. The van der Waals surface area contributed by atoms with Crippen molar-refractivity contribution in [2.75, 3.05) is 20.1 Å². The van der Waals surface area contributed by atoms with Gasteiger partial charge in [-0.25, -0.2) is 8.42 Å². The molecule has 1 aromatic rings. The second kappa shape index (κ2) is 4.63. The first-order valence-electron chi connectivity index (χ1n) is 5.36. The number of nitro benzene ring substituents is 1. The summed E-state index contributed by atoms with van der Waals surface area (Å²) >= 11 is 0. The van der Waals surface area contributed by atoms with E-state index in [9.17, 15) is 18.5 Å². The van der Waals surface area contributed by atoms with E-state index in [1.54, 1.807) is 0 Å². The van der Waals surface area contributed by atoms with Crippen LogP contribution >= 0.6 is 0 Å². The summed E-state index contributed by atoms with van der Waals surface area (Å²) in [6.45, 7) is 1.20. The van der Waals surface area contributed by atoms with Crippen LogP contribution in [0.25, 0.3) is 0 Å². The highest BCUT2D eigenvalue weighted by molar-refractivity contribution is 7.89. The van der Waals surface area contributed by atoms with Gasteiger partial charge in [0, 0.05) is 38.3 Å². The molecule has 0 aliphatic carbocycles. The number of hydrogen-bond donors (Lipinski definition) is 1. The number of sulfonamides is 1. The minimum absolute atomic E-state index is 0.0499. The van der Waals surface area contributed by atoms with Crippen molar-refractivity contribution in [3.8, 4) is 0 Å². The summed E-state index contributed by atoms with van der Waals surface area (Å²) in [5.74, 6) is 0. The van der Waals surface area contributed by atoms with Gasteiger partial charge in [0.1, 0.15) is 0 Å². The van der Waals surface area contributed by atoms with E-state index in [2.05, 4.69) is 5.32 Å². The van der Waals surface area contributed by atoms with Crippen LogP contribution in [-0.2, 0) is 10.0 Å². The van der Waals surface area contributed by atoms with Crippen LogP contribution in [0.15, 0.2) is 29.2 Å². The summed E-state index contributed by atoms with van der Waals surface area (Å²) in [5.41, 5.74) is -0.226. The van der Waals surface area contributed by atoms with Crippen LogP contribution < -0.4 is 5.32 Å². The molecule has 0 unspecified atom stereocenters. The zero-order valence-corrected chi connectivity index (χ0v) is 10.6. The van der Waals surface area contributed by atoms with Gasteiger partial charge in [-0.05, 0) is 6.07 Å². The molecule has 1 fully saturated rings. The van der Waals surface area contributed by atoms with Gasteiger partial charge in [0.25, 0.3) is 5.69 Å². The number of likely N-dealkylation sites (N-methyl/N-ethyl adjacent to an activating group) is 1. The van der Waals surface area contributed by atoms with Gasteiger partial charge in [-0.3, -0.25) is 10.1 Å². The number of rotatable bonds is 4. The second-order valence-electron chi connectivity index (χ2n) is 4.09. The lowest BCUT2D eigenvalue weighted by molar-refractivity contribution is -0.385. The predicted molar refractivity (Wildman–Crippen MR) is 64.7 cm³/mol. The molecule has 7 nitrogen and oxygen atoms in total. The summed E-state index contributed by atoms with van der Waals surface area (Å²) in [6, 6.07) is 5.00. The molecule has 0 spiro atoms. The van der Waals surface area contributed by atoms with Gasteiger partial charge in [-0.2, -0.15) is 4.31 Å². The third-order valence-corrected chi connectivity index (χ3v) is 4.89. The van der Waals surface area contributed by atoms with Gasteiger partial charge >= 0.3 is 0 Å². The number of hydrogen-bond acceptors (Lipinski definition) is 5. The van der Waals surface area contributed by atoms with Gasteiger partial charge in [0.15, 0.2) is 0 Å². The third-order valence-electron chi connectivity index (χ3n) is 2.98. The largest absolute Gasteiger partial charge is 0.313 e. The van der Waals surface area contributed by atoms with Crippen molar-refractivity contribution in [3.05, 3.63) is 34.4 Å². The van der Waals surface area contributed by atoms with E-state index in [0.717, 1.165) is 6.07 Å². The molecule has 98 valence electrons. The van der Waals surface area contributed by atoms with Gasteiger partial charge in [0.2, 0.25) is 10.0 Å². The Bertz CT molecular complexity index is 568. The van der Waals surface area contributed by atoms with E-state index in [0.29, 0.717) is 13.1 Å². The van der Waals surface area contributed by atoms with Crippen molar-refractivity contribution in [2.45, 2.75) is 10.9 Å². The Labute approximate surface area is 105 Å². The molecule has 1 saturated heterocycles. The average Bonchev–Trinajstić information content (AvgIpc) is 2.26. The number of nitro groups is 1. The molecule has 0 aromatic heterocycles. The molecule has 0 amide bonds. The second-order valence-corrected chi connectivity index (χ2v) is 6.09. The van der Waals surface area contributed by atoms with Crippen molar-refractivity contribution in [1.82, 2.24) is 9.62 Å². The Morgan fingerprint density at radius 2 is 2.11 bits per heavy atom. The lowest BCUT2D eigenvalue weighted by Gasteiger charge is -2.34. The molecule has 2 rings (SSSR count). The molecule has 0 bridgehead atoms. The minimum atomic E-state index is -3.67. The summed E-state index contributed by atoms with van der Waals surface area (Å²) in [7, 11) is -2.18. The number of nitrogens with zero attached hydrogens (tertiary/aromatic N) is 2. The molecule has 0 radical (unpaired) electrons. The van der Waals surface area contributed by atoms with Crippen LogP contribution in [0.5, 0.6) is 0 Å². The first-order valence-corrected chi connectivity index (χ1v) is 6.80. The van der Waals surface area contributed by atoms with E-state index in [1.807, 2.05) is 0 Å². The summed E-state index contributed by atoms with van der Waals surface area (Å²) in [6.07, 6.45) is 0. The normalized spacial score (nSPS) is 16.6. The van der Waals surface area contributed by atoms with E-state index < -0.39 is 14.9 Å². The highest BCUT2D eigenvalue weighted by atomic mass is 32.2. The van der Waals surface area contributed by atoms with E-state index in [4.69, 9.17) is 0 Å². The molecule has 8 heteroatoms. The maximum absolute atomic E-state index is 12.2. The number of nitrogens with one attached hydrogen (secondary N) is 1. The fourth-order valence-corrected chi connectivity index (χ4v) is 3.04. The van der Waals surface area contributed by atoms with Gasteiger partial charge in [-0.1, -0.05) is 6.07 Å². The van der Waals surface area contributed by atoms with Crippen LogP contribution in [0.2, 0.25) is 0 Å². The van der Waals surface area contributed by atoms with Gasteiger partial charge in [0.05, 0.1) is 9.82 Å².